The number of carbonyl (C=O) groups is 1. The molecule has 3 aromatic rings. The van der Waals surface area contributed by atoms with Crippen LogP contribution in [0.4, 0.5) is 0 Å². The van der Waals surface area contributed by atoms with Gasteiger partial charge in [0.15, 0.2) is 0 Å². The second-order valence-corrected chi connectivity index (χ2v) is 4.88. The van der Waals surface area contributed by atoms with Gasteiger partial charge in [0.25, 0.3) is 0 Å². The van der Waals surface area contributed by atoms with Gasteiger partial charge in [-0.15, -0.1) is 0 Å². The summed E-state index contributed by atoms with van der Waals surface area (Å²) in [5.74, 6) is -0.335. The maximum Gasteiger partial charge on any atom is 0.351 e. The fourth-order valence-corrected chi connectivity index (χ4v) is 2.19. The Labute approximate surface area is 127 Å². The van der Waals surface area contributed by atoms with E-state index in [4.69, 9.17) is 9.15 Å². The van der Waals surface area contributed by atoms with Crippen molar-refractivity contribution in [2.75, 3.05) is 0 Å². The zero-order chi connectivity index (χ0) is 15.5. The van der Waals surface area contributed by atoms with E-state index < -0.39 is 11.6 Å². The van der Waals surface area contributed by atoms with Gasteiger partial charge in [-0.25, -0.2) is 9.59 Å². The molecule has 5 heteroatoms. The molecule has 0 N–H and O–H groups in total. The van der Waals surface area contributed by atoms with Gasteiger partial charge in [-0.2, -0.15) is 0 Å². The zero-order valence-corrected chi connectivity index (χ0v) is 12.0. The molecular weight excluding hydrogens is 279 g/mol. The molecular formula is C17H13BO4. The molecule has 22 heavy (non-hydrogen) atoms. The van der Waals surface area contributed by atoms with Gasteiger partial charge in [0.1, 0.15) is 24.7 Å². The Morgan fingerprint density at radius 3 is 2.59 bits per heavy atom. The van der Waals surface area contributed by atoms with Crippen LogP contribution in [0, 0.1) is 0 Å². The molecule has 0 bridgehead atoms. The summed E-state index contributed by atoms with van der Waals surface area (Å²) < 4.78 is 10.4. The molecule has 0 spiro atoms. The van der Waals surface area contributed by atoms with E-state index in [0.29, 0.717) is 16.7 Å². The second kappa shape index (κ2) is 5.89. The van der Waals surface area contributed by atoms with Crippen LogP contribution in [0.1, 0.15) is 15.9 Å². The monoisotopic (exact) mass is 292 g/mol. The molecule has 0 aliphatic heterocycles. The third-order valence-electron chi connectivity index (χ3n) is 3.38. The lowest BCUT2D eigenvalue weighted by atomic mass is 9.96. The molecule has 0 aliphatic rings. The molecule has 3 rings (SSSR count). The highest BCUT2D eigenvalue weighted by Crippen LogP contribution is 2.17. The fourth-order valence-electron chi connectivity index (χ4n) is 2.19. The van der Waals surface area contributed by atoms with Gasteiger partial charge in [-0.3, -0.25) is 0 Å². The summed E-state index contributed by atoms with van der Waals surface area (Å²) in [5, 5.41) is 0.707. The lowest BCUT2D eigenvalue weighted by Crippen LogP contribution is -2.18. The summed E-state index contributed by atoms with van der Waals surface area (Å²) in [6.07, 6.45) is 0.860. The number of ether oxygens (including phenoxy) is 1. The first-order valence-electron chi connectivity index (χ1n) is 7.01. The molecule has 108 valence electrons. The zero-order valence-electron chi connectivity index (χ0n) is 12.0. The highest BCUT2D eigenvalue weighted by molar-refractivity contribution is 6.08. The van der Waals surface area contributed by atoms with Crippen molar-refractivity contribution in [3.05, 3.63) is 76.1 Å². The van der Waals surface area contributed by atoms with Crippen molar-refractivity contribution in [1.82, 2.24) is 0 Å². The number of esters is 1. The molecule has 0 saturated carbocycles. The summed E-state index contributed by atoms with van der Waals surface area (Å²) in [6.45, 7) is 0. The molecule has 0 atom stereocenters. The summed E-state index contributed by atoms with van der Waals surface area (Å²) >= 11 is 0. The van der Waals surface area contributed by atoms with Crippen LogP contribution in [0.3, 0.4) is 0 Å². The van der Waals surface area contributed by atoms with Gasteiger partial charge in [-0.1, -0.05) is 36.1 Å². The minimum atomic E-state index is -0.719. The first-order valence-corrected chi connectivity index (χ1v) is 7.01. The first-order chi connectivity index (χ1) is 10.7. The van der Waals surface area contributed by atoms with Crippen molar-refractivity contribution < 1.29 is 13.9 Å². The molecule has 1 heterocycles. The minimum absolute atomic E-state index is 0.107. The molecule has 0 aliphatic carbocycles. The molecule has 4 nitrogen and oxygen atoms in total. The summed E-state index contributed by atoms with van der Waals surface area (Å²) in [6, 6.07) is 15.7. The van der Waals surface area contributed by atoms with Gasteiger partial charge >= 0.3 is 11.6 Å². The van der Waals surface area contributed by atoms with Crippen LogP contribution in [0.25, 0.3) is 11.0 Å². The Bertz CT molecular complexity index is 884. The van der Waals surface area contributed by atoms with Crippen molar-refractivity contribution in [2.24, 2.45) is 0 Å². The standard InChI is InChI=1S/C17H13BO4/c18-10-11-6-7-15-12(8-11)9-14(17(20)22-15)16(19)21-13-4-2-1-3-5-13/h1-9H,10,18H2. The number of para-hydroxylation sites is 1. The van der Waals surface area contributed by atoms with Crippen LogP contribution in [0.15, 0.2) is 63.8 Å². The van der Waals surface area contributed by atoms with E-state index in [1.807, 2.05) is 26.0 Å². The molecule has 1 aromatic heterocycles. The van der Waals surface area contributed by atoms with E-state index in [-0.39, 0.29) is 5.56 Å². The maximum absolute atomic E-state index is 12.2. The number of fused-ring (bicyclic) bond motifs is 1. The Hall–Kier alpha value is -2.82. The highest BCUT2D eigenvalue weighted by Gasteiger charge is 2.16. The average Bonchev–Trinajstić information content (AvgIpc) is 2.54. The average molecular weight is 292 g/mol. The van der Waals surface area contributed by atoms with Crippen molar-refractivity contribution in [3.63, 3.8) is 0 Å². The van der Waals surface area contributed by atoms with Crippen molar-refractivity contribution in [2.45, 2.75) is 6.32 Å². The van der Waals surface area contributed by atoms with Gasteiger partial charge in [-0.05, 0) is 30.3 Å². The minimum Gasteiger partial charge on any atom is -0.423 e. The molecule has 0 amide bonds. The second-order valence-electron chi connectivity index (χ2n) is 4.88. The molecule has 2 aromatic carbocycles. The van der Waals surface area contributed by atoms with Crippen LogP contribution in [0.5, 0.6) is 5.75 Å². The quantitative estimate of drug-likeness (QED) is 0.321. The predicted molar refractivity (Wildman–Crippen MR) is 86.1 cm³/mol. The van der Waals surface area contributed by atoms with E-state index in [2.05, 4.69) is 0 Å². The van der Waals surface area contributed by atoms with Gasteiger partial charge in [0.2, 0.25) is 0 Å². The van der Waals surface area contributed by atoms with Crippen LogP contribution in [-0.2, 0) is 6.32 Å². The third kappa shape index (κ3) is 2.79. The van der Waals surface area contributed by atoms with Gasteiger partial charge < -0.3 is 9.15 Å². The number of benzene rings is 2. The molecule has 0 radical (unpaired) electrons. The predicted octanol–water partition coefficient (Wildman–Crippen LogP) is 2.15. The van der Waals surface area contributed by atoms with Crippen LogP contribution >= 0.6 is 0 Å². The number of rotatable bonds is 3. The van der Waals surface area contributed by atoms with E-state index in [9.17, 15) is 9.59 Å². The molecule has 0 unspecified atom stereocenters. The van der Waals surface area contributed by atoms with E-state index >= 15 is 0 Å². The van der Waals surface area contributed by atoms with Crippen molar-refractivity contribution in [3.8, 4) is 5.75 Å². The lowest BCUT2D eigenvalue weighted by molar-refractivity contribution is 0.0730. The highest BCUT2D eigenvalue weighted by atomic mass is 16.5. The summed E-state index contributed by atoms with van der Waals surface area (Å²) in [7, 11) is 2.03. The van der Waals surface area contributed by atoms with Crippen molar-refractivity contribution in [1.29, 1.82) is 0 Å². The third-order valence-corrected chi connectivity index (χ3v) is 3.38. The number of carbonyl (C=O) groups excluding carboxylic acids is 1. The summed E-state index contributed by atoms with van der Waals surface area (Å²) in [4.78, 5) is 24.1. The normalized spacial score (nSPS) is 10.5. The van der Waals surface area contributed by atoms with Crippen LogP contribution in [0.2, 0.25) is 0 Å². The largest absolute Gasteiger partial charge is 0.423 e. The number of hydrogen-bond acceptors (Lipinski definition) is 4. The first kappa shape index (κ1) is 14.1. The Kier molecular flexibility index (Phi) is 3.79. The van der Waals surface area contributed by atoms with E-state index in [1.165, 1.54) is 6.07 Å². The van der Waals surface area contributed by atoms with Gasteiger partial charge in [0.05, 0.1) is 0 Å². The van der Waals surface area contributed by atoms with E-state index in [0.717, 1.165) is 11.9 Å². The Balaban J connectivity index is 2.00. The fraction of sp³-hybridized carbons (Fsp3) is 0.0588. The van der Waals surface area contributed by atoms with E-state index in [1.54, 1.807) is 30.3 Å². The number of hydrogen-bond donors (Lipinski definition) is 0. The van der Waals surface area contributed by atoms with Crippen LogP contribution in [-0.4, -0.2) is 13.8 Å². The SMILES string of the molecule is BCc1ccc2oc(=O)c(C(=O)Oc3ccccc3)cc2c1. The molecule has 0 fully saturated rings. The Morgan fingerprint density at radius 2 is 1.86 bits per heavy atom. The molecule has 0 saturated heterocycles. The summed E-state index contributed by atoms with van der Waals surface area (Å²) in [5.41, 5.74) is 0.754. The van der Waals surface area contributed by atoms with Gasteiger partial charge in [0, 0.05) is 5.39 Å². The smallest absolute Gasteiger partial charge is 0.351 e. The van der Waals surface area contributed by atoms with Crippen LogP contribution < -0.4 is 10.4 Å². The maximum atomic E-state index is 12.2. The topological polar surface area (TPSA) is 56.5 Å². The lowest BCUT2D eigenvalue weighted by Gasteiger charge is -2.05. The van der Waals surface area contributed by atoms with Crippen molar-refractivity contribution >= 4 is 24.8 Å². The Morgan fingerprint density at radius 1 is 1.09 bits per heavy atom.